The Labute approximate surface area is 255 Å². The fourth-order valence-electron chi connectivity index (χ4n) is 4.83. The van der Waals surface area contributed by atoms with Gasteiger partial charge in [-0.1, -0.05) is 66.2 Å². The number of benzene rings is 3. The number of amides is 2. The third-order valence-corrected chi connectivity index (χ3v) is 8.42. The van der Waals surface area contributed by atoms with Crippen molar-refractivity contribution in [2.45, 2.75) is 72.0 Å². The number of carbonyl (C=O) groups is 2. The first-order valence-electron chi connectivity index (χ1n) is 14.1. The van der Waals surface area contributed by atoms with Crippen LogP contribution < -0.4 is 9.62 Å². The lowest BCUT2D eigenvalue weighted by molar-refractivity contribution is -0.142. The summed E-state index contributed by atoms with van der Waals surface area (Å²) >= 11 is 6.26. The number of halogens is 1. The van der Waals surface area contributed by atoms with Crippen LogP contribution >= 0.6 is 11.6 Å². The highest BCUT2D eigenvalue weighted by atomic mass is 35.5. The van der Waals surface area contributed by atoms with Gasteiger partial charge in [-0.15, -0.1) is 0 Å². The molecule has 0 bridgehead atoms. The molecule has 0 aliphatic heterocycles. The lowest BCUT2D eigenvalue weighted by atomic mass is 10.00. The average Bonchev–Trinajstić information content (AvgIpc) is 2.89. The molecule has 0 spiro atoms. The lowest BCUT2D eigenvalue weighted by Gasteiger charge is -2.34. The Morgan fingerprint density at radius 2 is 1.57 bits per heavy atom. The minimum atomic E-state index is -3.59. The average molecular weight is 612 g/mol. The molecule has 0 aliphatic carbocycles. The first-order valence-corrected chi connectivity index (χ1v) is 16.3. The van der Waals surface area contributed by atoms with Crippen molar-refractivity contribution in [1.82, 2.24) is 10.2 Å². The largest absolute Gasteiger partial charge is 0.350 e. The second-order valence-corrected chi connectivity index (χ2v) is 14.1. The Bertz CT molecular complexity index is 1490. The van der Waals surface area contributed by atoms with Gasteiger partial charge in [0.25, 0.3) is 0 Å². The molecule has 7 nitrogen and oxygen atoms in total. The van der Waals surface area contributed by atoms with Gasteiger partial charge < -0.3 is 10.2 Å². The molecule has 0 saturated heterocycles. The van der Waals surface area contributed by atoms with Crippen molar-refractivity contribution in [2.75, 3.05) is 17.1 Å². The summed E-state index contributed by atoms with van der Waals surface area (Å²) in [4.78, 5) is 29.3. The van der Waals surface area contributed by atoms with Crippen molar-refractivity contribution in [1.29, 1.82) is 0 Å². The molecule has 226 valence electrons. The van der Waals surface area contributed by atoms with Gasteiger partial charge in [-0.05, 0) is 81.5 Å². The molecule has 42 heavy (non-hydrogen) atoms. The van der Waals surface area contributed by atoms with Crippen LogP contribution in [0.4, 0.5) is 5.69 Å². The van der Waals surface area contributed by atoms with E-state index < -0.39 is 21.6 Å². The number of sulfonamides is 1. The van der Waals surface area contributed by atoms with Crippen LogP contribution in [0.3, 0.4) is 0 Å². The smallest absolute Gasteiger partial charge is 0.243 e. The molecule has 3 aromatic rings. The number of anilines is 1. The minimum absolute atomic E-state index is 0.0610. The van der Waals surface area contributed by atoms with Gasteiger partial charge in [0, 0.05) is 36.5 Å². The summed E-state index contributed by atoms with van der Waals surface area (Å²) in [5.74, 6) is -0.496. The molecule has 0 aliphatic rings. The van der Waals surface area contributed by atoms with E-state index in [0.717, 1.165) is 22.3 Å². The highest BCUT2D eigenvalue weighted by Crippen LogP contribution is 2.26. The van der Waals surface area contributed by atoms with Crippen LogP contribution in [0, 0.1) is 13.8 Å². The van der Waals surface area contributed by atoms with Gasteiger partial charge in [-0.2, -0.15) is 0 Å². The van der Waals surface area contributed by atoms with E-state index in [9.17, 15) is 18.0 Å². The Kier molecular flexibility index (Phi) is 11.2. The predicted molar refractivity (Wildman–Crippen MR) is 171 cm³/mol. The number of aryl methyl sites for hydroxylation is 1. The second-order valence-electron chi connectivity index (χ2n) is 11.8. The molecule has 9 heteroatoms. The summed E-state index contributed by atoms with van der Waals surface area (Å²) < 4.78 is 26.9. The maximum Gasteiger partial charge on any atom is 0.243 e. The first-order chi connectivity index (χ1) is 19.7. The van der Waals surface area contributed by atoms with E-state index in [0.29, 0.717) is 17.1 Å². The SMILES string of the molecule is Cc1cccc(N(CCCC(=O)N(Cc2cccc(Cl)c2)C(Cc2ccccc2)C(=O)NC(C)(C)C)S(C)(=O)=O)c1C. The number of hydrogen-bond donors (Lipinski definition) is 1. The molecule has 0 saturated carbocycles. The highest BCUT2D eigenvalue weighted by molar-refractivity contribution is 7.92. The van der Waals surface area contributed by atoms with Crippen molar-refractivity contribution in [2.24, 2.45) is 0 Å². The molecule has 0 radical (unpaired) electrons. The summed E-state index contributed by atoms with van der Waals surface area (Å²) in [6, 6.07) is 21.6. The minimum Gasteiger partial charge on any atom is -0.350 e. The third-order valence-electron chi connectivity index (χ3n) is 7.01. The Hall–Kier alpha value is -3.36. The van der Waals surface area contributed by atoms with Gasteiger partial charge in [0.2, 0.25) is 21.8 Å². The van der Waals surface area contributed by atoms with E-state index in [4.69, 9.17) is 11.6 Å². The monoisotopic (exact) mass is 611 g/mol. The van der Waals surface area contributed by atoms with Crippen LogP contribution in [0.2, 0.25) is 5.02 Å². The number of hydrogen-bond acceptors (Lipinski definition) is 4. The number of nitrogens with one attached hydrogen (secondary N) is 1. The van der Waals surface area contributed by atoms with Gasteiger partial charge in [-0.3, -0.25) is 13.9 Å². The van der Waals surface area contributed by atoms with Crippen molar-refractivity contribution < 1.29 is 18.0 Å². The maximum absolute atomic E-state index is 14.0. The van der Waals surface area contributed by atoms with E-state index in [1.807, 2.05) is 89.2 Å². The molecule has 1 atom stereocenters. The molecular formula is C33H42ClN3O4S. The zero-order valence-corrected chi connectivity index (χ0v) is 26.9. The number of rotatable bonds is 12. The van der Waals surface area contributed by atoms with E-state index in [1.54, 1.807) is 23.1 Å². The summed E-state index contributed by atoms with van der Waals surface area (Å²) in [5.41, 5.74) is 3.68. The highest BCUT2D eigenvalue weighted by Gasteiger charge is 2.32. The first kappa shape index (κ1) is 33.1. The van der Waals surface area contributed by atoms with Gasteiger partial charge >= 0.3 is 0 Å². The van der Waals surface area contributed by atoms with Crippen molar-refractivity contribution in [3.63, 3.8) is 0 Å². The van der Waals surface area contributed by atoms with Crippen molar-refractivity contribution in [3.05, 3.63) is 100 Å². The Balaban J connectivity index is 1.92. The molecule has 3 rings (SSSR count). The molecule has 0 aromatic heterocycles. The Morgan fingerprint density at radius 1 is 0.929 bits per heavy atom. The number of carbonyl (C=O) groups excluding carboxylic acids is 2. The zero-order chi connectivity index (χ0) is 31.1. The van der Waals surface area contributed by atoms with Crippen LogP contribution in [-0.2, 0) is 32.6 Å². The molecular weight excluding hydrogens is 570 g/mol. The maximum atomic E-state index is 14.0. The van der Waals surface area contributed by atoms with E-state index in [1.165, 1.54) is 10.6 Å². The molecule has 2 amide bonds. The summed E-state index contributed by atoms with van der Waals surface area (Å²) in [7, 11) is -3.59. The second kappa shape index (κ2) is 14.2. The predicted octanol–water partition coefficient (Wildman–Crippen LogP) is 6.06. The third kappa shape index (κ3) is 9.60. The van der Waals surface area contributed by atoms with Gasteiger partial charge in [0.15, 0.2) is 0 Å². The Morgan fingerprint density at radius 3 is 2.19 bits per heavy atom. The summed E-state index contributed by atoms with van der Waals surface area (Å²) in [6.07, 6.45) is 1.84. The van der Waals surface area contributed by atoms with E-state index >= 15 is 0 Å². The van der Waals surface area contributed by atoms with Gasteiger partial charge in [-0.25, -0.2) is 8.42 Å². The van der Waals surface area contributed by atoms with Gasteiger partial charge in [0.1, 0.15) is 6.04 Å². The van der Waals surface area contributed by atoms with E-state index in [2.05, 4.69) is 5.32 Å². The van der Waals surface area contributed by atoms with Crippen LogP contribution in [0.15, 0.2) is 72.8 Å². The fourth-order valence-corrected chi connectivity index (χ4v) is 6.06. The van der Waals surface area contributed by atoms with Gasteiger partial charge in [0.05, 0.1) is 11.9 Å². The summed E-state index contributed by atoms with van der Waals surface area (Å²) in [6.45, 7) is 9.86. The quantitative estimate of drug-likeness (QED) is 0.270. The number of nitrogens with zero attached hydrogens (tertiary/aromatic N) is 2. The van der Waals surface area contributed by atoms with Crippen LogP contribution in [0.5, 0.6) is 0 Å². The molecule has 1 unspecified atom stereocenters. The fraction of sp³-hybridized carbons (Fsp3) is 0.394. The lowest BCUT2D eigenvalue weighted by Crippen LogP contribution is -2.54. The van der Waals surface area contributed by atoms with Crippen LogP contribution in [0.25, 0.3) is 0 Å². The molecule has 0 fully saturated rings. The van der Waals surface area contributed by atoms with Crippen LogP contribution in [-0.4, -0.2) is 49.5 Å². The molecule has 0 heterocycles. The van der Waals surface area contributed by atoms with Crippen LogP contribution in [0.1, 0.15) is 55.9 Å². The molecule has 3 aromatic carbocycles. The zero-order valence-electron chi connectivity index (χ0n) is 25.4. The molecule has 1 N–H and O–H groups in total. The van der Waals surface area contributed by atoms with Crippen molar-refractivity contribution in [3.8, 4) is 0 Å². The van der Waals surface area contributed by atoms with Crippen molar-refractivity contribution >= 4 is 39.1 Å². The normalized spacial score (nSPS) is 12.5. The van der Waals surface area contributed by atoms with E-state index in [-0.39, 0.29) is 37.7 Å². The summed E-state index contributed by atoms with van der Waals surface area (Å²) in [5, 5.41) is 3.59. The standard InChI is InChI=1S/C33H42ClN3O4S/c1-24-13-10-18-29(25(24)2)37(42(6,40)41)20-12-19-31(38)36(23-27-16-11-17-28(34)21-27)30(32(39)35-33(3,4)5)22-26-14-8-7-9-15-26/h7-11,13-18,21,30H,12,19-20,22-23H2,1-6H3,(H,35,39). The topological polar surface area (TPSA) is 86.8 Å².